The van der Waals surface area contributed by atoms with E-state index in [0.717, 1.165) is 0 Å². The molecule has 0 aliphatic carbocycles. The van der Waals surface area contributed by atoms with Gasteiger partial charge < -0.3 is 14.2 Å². The average Bonchev–Trinajstić information content (AvgIpc) is 2.92. The molecule has 0 unspecified atom stereocenters. The first-order valence-electron chi connectivity index (χ1n) is 7.24. The summed E-state index contributed by atoms with van der Waals surface area (Å²) in [6, 6.07) is 4.89. The van der Waals surface area contributed by atoms with E-state index in [1.54, 1.807) is 23.2 Å². The predicted octanol–water partition coefficient (Wildman–Crippen LogP) is 2.22. The number of carbonyl (C=O) groups is 1. The lowest BCUT2D eigenvalue weighted by atomic mass is 10.3. The lowest BCUT2D eigenvalue weighted by molar-refractivity contribution is -0.135. The van der Waals surface area contributed by atoms with Crippen LogP contribution in [0.5, 0.6) is 0 Å². The average molecular weight is 309 g/mol. The van der Waals surface area contributed by atoms with E-state index in [1.165, 1.54) is 10.6 Å². The first kappa shape index (κ1) is 14.9. The first-order valence-corrected chi connectivity index (χ1v) is 7.24. The fraction of sp³-hybridized carbons (Fsp3) is 0.467. The Morgan fingerprint density at radius 2 is 2.14 bits per heavy atom. The summed E-state index contributed by atoms with van der Waals surface area (Å²) in [5, 5.41) is 0.664. The number of aromatic nitrogens is 2. The van der Waals surface area contributed by atoms with Gasteiger partial charge in [0.2, 0.25) is 5.91 Å². The maximum atomic E-state index is 13.2. The maximum absolute atomic E-state index is 13.2. The number of aryl methyl sites for hydroxylation is 1. The van der Waals surface area contributed by atoms with Gasteiger partial charge in [-0.05, 0) is 18.2 Å². The SMILES string of the molecule is O=C(CCn1c(C(F)F)cc2cccnc21)N1CCOCC1. The third-order valence-electron chi connectivity index (χ3n) is 3.82. The molecule has 118 valence electrons. The van der Waals surface area contributed by atoms with Crippen LogP contribution in [-0.4, -0.2) is 46.7 Å². The van der Waals surface area contributed by atoms with Crippen molar-refractivity contribution in [1.82, 2.24) is 14.5 Å². The van der Waals surface area contributed by atoms with Gasteiger partial charge in [0.05, 0.1) is 18.9 Å². The van der Waals surface area contributed by atoms with Crippen LogP contribution >= 0.6 is 0 Å². The number of ether oxygens (including phenoxy) is 1. The quantitative estimate of drug-likeness (QED) is 0.870. The van der Waals surface area contributed by atoms with E-state index in [4.69, 9.17) is 4.74 Å². The van der Waals surface area contributed by atoms with Crippen molar-refractivity contribution in [3.05, 3.63) is 30.1 Å². The number of fused-ring (bicyclic) bond motifs is 1. The molecule has 0 radical (unpaired) electrons. The topological polar surface area (TPSA) is 47.4 Å². The standard InChI is InChI=1S/C15H17F2N3O2/c16-14(17)12-10-11-2-1-4-18-15(11)20(12)5-3-13(21)19-6-8-22-9-7-19/h1-2,4,10,14H,3,5-9H2. The Kier molecular flexibility index (Phi) is 4.33. The number of pyridine rings is 1. The third-order valence-corrected chi connectivity index (χ3v) is 3.82. The number of carbonyl (C=O) groups excluding carboxylic acids is 1. The van der Waals surface area contributed by atoms with Gasteiger partial charge in [-0.25, -0.2) is 13.8 Å². The molecule has 3 heterocycles. The number of hydrogen-bond donors (Lipinski definition) is 0. The van der Waals surface area contributed by atoms with Crippen LogP contribution in [0.2, 0.25) is 0 Å². The normalized spacial score (nSPS) is 15.7. The molecular weight excluding hydrogens is 292 g/mol. The van der Waals surface area contributed by atoms with Crippen LogP contribution in [0.25, 0.3) is 11.0 Å². The van der Waals surface area contributed by atoms with Gasteiger partial charge in [-0.2, -0.15) is 0 Å². The minimum atomic E-state index is -2.59. The number of morpholine rings is 1. The van der Waals surface area contributed by atoms with Crippen molar-refractivity contribution < 1.29 is 18.3 Å². The summed E-state index contributed by atoms with van der Waals surface area (Å²) < 4.78 is 33.0. The third kappa shape index (κ3) is 2.94. The van der Waals surface area contributed by atoms with Crippen molar-refractivity contribution in [2.75, 3.05) is 26.3 Å². The molecule has 2 aromatic rings. The Bertz CT molecular complexity index is 666. The molecule has 0 spiro atoms. The van der Waals surface area contributed by atoms with E-state index in [2.05, 4.69) is 4.98 Å². The minimum Gasteiger partial charge on any atom is -0.378 e. The summed E-state index contributed by atoms with van der Waals surface area (Å²) in [4.78, 5) is 18.0. The smallest absolute Gasteiger partial charge is 0.278 e. The lowest BCUT2D eigenvalue weighted by Crippen LogP contribution is -2.41. The van der Waals surface area contributed by atoms with Crippen LogP contribution in [-0.2, 0) is 16.1 Å². The van der Waals surface area contributed by atoms with E-state index in [1.807, 2.05) is 0 Å². The zero-order valence-corrected chi connectivity index (χ0v) is 12.0. The molecule has 1 aliphatic heterocycles. The molecule has 1 amide bonds. The Morgan fingerprint density at radius 1 is 1.36 bits per heavy atom. The van der Waals surface area contributed by atoms with Gasteiger partial charge in [0, 0.05) is 37.6 Å². The van der Waals surface area contributed by atoms with E-state index >= 15 is 0 Å². The number of amides is 1. The Labute approximate surface area is 126 Å². The number of rotatable bonds is 4. The van der Waals surface area contributed by atoms with Gasteiger partial charge in [0.25, 0.3) is 6.43 Å². The summed E-state index contributed by atoms with van der Waals surface area (Å²) >= 11 is 0. The number of alkyl halides is 2. The molecule has 1 fully saturated rings. The fourth-order valence-corrected chi connectivity index (χ4v) is 2.70. The van der Waals surface area contributed by atoms with Crippen LogP contribution in [0.3, 0.4) is 0 Å². The van der Waals surface area contributed by atoms with Crippen molar-refractivity contribution in [2.45, 2.75) is 19.4 Å². The highest BCUT2D eigenvalue weighted by atomic mass is 19.3. The molecule has 1 aliphatic rings. The van der Waals surface area contributed by atoms with Crippen molar-refractivity contribution in [3.63, 3.8) is 0 Å². The van der Waals surface area contributed by atoms with E-state index < -0.39 is 6.43 Å². The van der Waals surface area contributed by atoms with E-state index in [0.29, 0.717) is 37.3 Å². The van der Waals surface area contributed by atoms with Crippen LogP contribution in [0.1, 0.15) is 18.5 Å². The first-order chi connectivity index (χ1) is 10.7. The van der Waals surface area contributed by atoms with Gasteiger partial charge in [-0.15, -0.1) is 0 Å². The van der Waals surface area contributed by atoms with Gasteiger partial charge >= 0.3 is 0 Å². The Hall–Kier alpha value is -2.02. The highest BCUT2D eigenvalue weighted by Gasteiger charge is 2.20. The van der Waals surface area contributed by atoms with Gasteiger partial charge in [0.15, 0.2) is 0 Å². The molecule has 7 heteroatoms. The summed E-state index contributed by atoms with van der Waals surface area (Å²) in [5.74, 6) is -0.0405. The molecular formula is C15H17F2N3O2. The van der Waals surface area contributed by atoms with Crippen molar-refractivity contribution in [1.29, 1.82) is 0 Å². The van der Waals surface area contributed by atoms with Crippen LogP contribution in [0.4, 0.5) is 8.78 Å². The second kappa shape index (κ2) is 6.39. The maximum Gasteiger partial charge on any atom is 0.278 e. The summed E-state index contributed by atoms with van der Waals surface area (Å²) in [6.07, 6.45) is -0.842. The molecule has 2 aromatic heterocycles. The molecule has 0 bridgehead atoms. The largest absolute Gasteiger partial charge is 0.378 e. The molecule has 0 N–H and O–H groups in total. The summed E-state index contributed by atoms with van der Waals surface area (Å²) in [5.41, 5.74) is 0.399. The van der Waals surface area contributed by atoms with Crippen LogP contribution < -0.4 is 0 Å². The Morgan fingerprint density at radius 3 is 2.86 bits per heavy atom. The lowest BCUT2D eigenvalue weighted by Gasteiger charge is -2.27. The second-order valence-electron chi connectivity index (χ2n) is 5.18. The Balaban J connectivity index is 1.77. The number of halogens is 2. The van der Waals surface area contributed by atoms with Gasteiger partial charge in [-0.1, -0.05) is 0 Å². The fourth-order valence-electron chi connectivity index (χ4n) is 2.70. The number of nitrogens with zero attached hydrogens (tertiary/aromatic N) is 3. The van der Waals surface area contributed by atoms with Crippen molar-refractivity contribution >= 4 is 16.9 Å². The minimum absolute atomic E-state index is 0.0405. The van der Waals surface area contributed by atoms with Crippen molar-refractivity contribution in [3.8, 4) is 0 Å². The highest BCUT2D eigenvalue weighted by Crippen LogP contribution is 2.26. The summed E-state index contributed by atoms with van der Waals surface area (Å²) in [7, 11) is 0. The molecule has 1 saturated heterocycles. The molecule has 0 aromatic carbocycles. The molecule has 0 saturated carbocycles. The second-order valence-corrected chi connectivity index (χ2v) is 5.18. The monoisotopic (exact) mass is 309 g/mol. The van der Waals surface area contributed by atoms with Crippen LogP contribution in [0.15, 0.2) is 24.4 Å². The zero-order valence-electron chi connectivity index (χ0n) is 12.0. The zero-order chi connectivity index (χ0) is 15.5. The van der Waals surface area contributed by atoms with E-state index in [-0.39, 0.29) is 24.6 Å². The van der Waals surface area contributed by atoms with Crippen LogP contribution in [0, 0.1) is 0 Å². The molecule has 0 atom stereocenters. The highest BCUT2D eigenvalue weighted by molar-refractivity contribution is 5.79. The molecule has 5 nitrogen and oxygen atoms in total. The van der Waals surface area contributed by atoms with Gasteiger partial charge in [0.1, 0.15) is 5.65 Å². The van der Waals surface area contributed by atoms with Gasteiger partial charge in [-0.3, -0.25) is 4.79 Å². The van der Waals surface area contributed by atoms with Crippen molar-refractivity contribution in [2.24, 2.45) is 0 Å². The number of hydrogen-bond acceptors (Lipinski definition) is 3. The molecule has 3 rings (SSSR count). The predicted molar refractivity (Wildman–Crippen MR) is 76.7 cm³/mol. The summed E-state index contributed by atoms with van der Waals surface area (Å²) in [6.45, 7) is 2.39. The van der Waals surface area contributed by atoms with E-state index in [9.17, 15) is 13.6 Å². The molecule has 22 heavy (non-hydrogen) atoms.